The Hall–Kier alpha value is -1.01. The molecule has 6 heteroatoms. The number of nitrogens with one attached hydrogen (secondary N) is 1. The standard InChI is InChI=1S/C3H8O2.CH4N4/c1-3(5)2-4;2-4-1-5-3/h3-5H,2H2,1H3;1-2H,3H2. The molecule has 0 saturated carbocycles. The summed E-state index contributed by atoms with van der Waals surface area (Å²) in [7, 11) is 0. The third-order valence-corrected chi connectivity index (χ3v) is 0.389. The molecule has 60 valence electrons. The number of rotatable bonds is 2. The SMILES string of the molecule is CC(O)CO.N=NC=NN. The van der Waals surface area contributed by atoms with Crippen LogP contribution >= 0.6 is 0 Å². The van der Waals surface area contributed by atoms with Crippen LogP contribution in [0.5, 0.6) is 0 Å². The summed E-state index contributed by atoms with van der Waals surface area (Å²) < 4.78 is 0. The lowest BCUT2D eigenvalue weighted by molar-refractivity contribution is 0.110. The highest BCUT2D eigenvalue weighted by Crippen LogP contribution is 1.68. The van der Waals surface area contributed by atoms with Gasteiger partial charge in [0, 0.05) is 0 Å². The average molecular weight is 148 g/mol. The molecule has 0 aromatic carbocycles. The van der Waals surface area contributed by atoms with Crippen molar-refractivity contribution in [2.24, 2.45) is 16.1 Å². The van der Waals surface area contributed by atoms with E-state index >= 15 is 0 Å². The molecule has 0 aromatic heterocycles. The molecule has 0 aromatic rings. The van der Waals surface area contributed by atoms with Gasteiger partial charge in [-0.1, -0.05) is 0 Å². The van der Waals surface area contributed by atoms with E-state index in [0.717, 1.165) is 6.34 Å². The summed E-state index contributed by atoms with van der Waals surface area (Å²) >= 11 is 0. The van der Waals surface area contributed by atoms with Crippen LogP contribution in [0.3, 0.4) is 0 Å². The maximum absolute atomic E-state index is 8.11. The largest absolute Gasteiger partial charge is 0.394 e. The Morgan fingerprint density at radius 1 is 1.80 bits per heavy atom. The van der Waals surface area contributed by atoms with E-state index in [1.54, 1.807) is 0 Å². The lowest BCUT2D eigenvalue weighted by atomic mass is 10.5. The van der Waals surface area contributed by atoms with E-state index in [1.165, 1.54) is 6.92 Å². The smallest absolute Gasteiger partial charge is 0.156 e. The van der Waals surface area contributed by atoms with Crippen molar-refractivity contribution in [3.05, 3.63) is 0 Å². The molecule has 1 unspecified atom stereocenters. The lowest BCUT2D eigenvalue weighted by Crippen LogP contribution is -2.03. The van der Waals surface area contributed by atoms with E-state index in [9.17, 15) is 0 Å². The third kappa shape index (κ3) is 28.1. The van der Waals surface area contributed by atoms with E-state index in [4.69, 9.17) is 15.7 Å². The number of nitrogens with zero attached hydrogens (tertiary/aromatic N) is 2. The molecular weight excluding hydrogens is 136 g/mol. The molecule has 0 spiro atoms. The molecule has 0 fully saturated rings. The molecule has 0 amide bonds. The van der Waals surface area contributed by atoms with Crippen molar-refractivity contribution in [2.45, 2.75) is 13.0 Å². The van der Waals surface area contributed by atoms with Crippen LogP contribution in [0.1, 0.15) is 6.92 Å². The Morgan fingerprint density at radius 3 is 2.20 bits per heavy atom. The second kappa shape index (κ2) is 10.9. The maximum atomic E-state index is 8.11. The summed E-state index contributed by atoms with van der Waals surface area (Å²) in [6, 6.07) is 0. The molecule has 0 bridgehead atoms. The fourth-order valence-electron chi connectivity index (χ4n) is 0.0333. The van der Waals surface area contributed by atoms with Crippen molar-refractivity contribution in [2.75, 3.05) is 6.61 Å². The highest BCUT2D eigenvalue weighted by molar-refractivity contribution is 5.52. The number of hydrazone groups is 1. The lowest BCUT2D eigenvalue weighted by Gasteiger charge is -1.90. The van der Waals surface area contributed by atoms with Crippen molar-refractivity contribution < 1.29 is 10.2 Å². The Morgan fingerprint density at radius 2 is 2.20 bits per heavy atom. The summed E-state index contributed by atoms with van der Waals surface area (Å²) in [6.07, 6.45) is 0.384. The van der Waals surface area contributed by atoms with Gasteiger partial charge >= 0.3 is 0 Å². The summed E-state index contributed by atoms with van der Waals surface area (Å²) in [5.74, 6) is 4.49. The molecular formula is C4H12N4O2. The zero-order valence-corrected chi connectivity index (χ0v) is 5.73. The molecule has 6 nitrogen and oxygen atoms in total. The topological polar surface area (TPSA) is 115 Å². The fourth-order valence-corrected chi connectivity index (χ4v) is 0.0333. The summed E-state index contributed by atoms with van der Waals surface area (Å²) in [6.45, 7) is 1.39. The Balaban J connectivity index is 0. The van der Waals surface area contributed by atoms with E-state index in [-0.39, 0.29) is 6.61 Å². The van der Waals surface area contributed by atoms with Crippen LogP contribution in [0.25, 0.3) is 0 Å². The van der Waals surface area contributed by atoms with Crippen molar-refractivity contribution in [3.63, 3.8) is 0 Å². The normalized spacial score (nSPS) is 11.9. The highest BCUT2D eigenvalue weighted by Gasteiger charge is 1.83. The van der Waals surface area contributed by atoms with Gasteiger partial charge < -0.3 is 16.1 Å². The number of aliphatic hydroxyl groups is 2. The molecule has 0 aliphatic rings. The first-order chi connectivity index (χ1) is 4.68. The zero-order chi connectivity index (χ0) is 8.41. The number of nitrogens with two attached hydrogens (primary N) is 1. The van der Waals surface area contributed by atoms with E-state index in [2.05, 4.69) is 16.1 Å². The van der Waals surface area contributed by atoms with Gasteiger partial charge in [0.05, 0.1) is 12.7 Å². The van der Waals surface area contributed by atoms with Crippen molar-refractivity contribution in [3.8, 4) is 0 Å². The molecule has 0 heterocycles. The monoisotopic (exact) mass is 148 g/mol. The molecule has 0 aliphatic carbocycles. The van der Waals surface area contributed by atoms with Gasteiger partial charge in [-0.3, -0.25) is 0 Å². The molecule has 0 radical (unpaired) electrons. The zero-order valence-electron chi connectivity index (χ0n) is 5.73. The molecule has 0 rings (SSSR count). The predicted octanol–water partition coefficient (Wildman–Crippen LogP) is -0.721. The molecule has 10 heavy (non-hydrogen) atoms. The molecule has 5 N–H and O–H groups in total. The molecule has 0 aliphatic heterocycles. The maximum Gasteiger partial charge on any atom is 0.156 e. The van der Waals surface area contributed by atoms with Crippen molar-refractivity contribution in [1.82, 2.24) is 0 Å². The molecule has 0 saturated heterocycles. The Bertz CT molecular complexity index is 93.3. The fraction of sp³-hybridized carbons (Fsp3) is 0.750. The van der Waals surface area contributed by atoms with Crippen molar-refractivity contribution in [1.29, 1.82) is 5.53 Å². The first kappa shape index (κ1) is 11.7. The predicted molar refractivity (Wildman–Crippen MR) is 36.6 cm³/mol. The average Bonchev–Trinajstić information content (AvgIpc) is 1.91. The van der Waals surface area contributed by atoms with Crippen LogP contribution < -0.4 is 5.84 Å². The second-order valence-electron chi connectivity index (χ2n) is 1.43. The van der Waals surface area contributed by atoms with Crippen LogP contribution in [0, 0.1) is 5.53 Å². The van der Waals surface area contributed by atoms with Gasteiger partial charge in [0.25, 0.3) is 0 Å². The summed E-state index contributed by atoms with van der Waals surface area (Å²) in [4.78, 5) is 0. The van der Waals surface area contributed by atoms with Gasteiger partial charge in [-0.25, -0.2) is 5.53 Å². The van der Waals surface area contributed by atoms with Gasteiger partial charge in [0.2, 0.25) is 0 Å². The Labute approximate surface area is 58.9 Å². The van der Waals surface area contributed by atoms with E-state index in [0.29, 0.717) is 0 Å². The number of aliphatic hydroxyl groups excluding tert-OH is 2. The van der Waals surface area contributed by atoms with E-state index in [1.807, 2.05) is 0 Å². The minimum Gasteiger partial charge on any atom is -0.394 e. The van der Waals surface area contributed by atoms with Gasteiger partial charge in [0.1, 0.15) is 0 Å². The number of hydrogen-bond acceptors (Lipinski definition) is 5. The molecule has 1 atom stereocenters. The number of hydrogen-bond donors (Lipinski definition) is 4. The van der Waals surface area contributed by atoms with Gasteiger partial charge in [0.15, 0.2) is 6.34 Å². The van der Waals surface area contributed by atoms with Crippen LogP contribution in [-0.2, 0) is 0 Å². The van der Waals surface area contributed by atoms with Crippen LogP contribution in [0.15, 0.2) is 10.2 Å². The Kier molecular flexibility index (Phi) is 12.8. The van der Waals surface area contributed by atoms with Crippen molar-refractivity contribution >= 4 is 6.34 Å². The first-order valence-electron chi connectivity index (χ1n) is 2.56. The van der Waals surface area contributed by atoms with Gasteiger partial charge in [-0.2, -0.15) is 5.10 Å². The van der Waals surface area contributed by atoms with Crippen LogP contribution in [-0.4, -0.2) is 29.3 Å². The second-order valence-corrected chi connectivity index (χ2v) is 1.43. The summed E-state index contributed by atoms with van der Waals surface area (Å²) in [5.41, 5.74) is 6.00. The van der Waals surface area contributed by atoms with Gasteiger partial charge in [-0.15, -0.1) is 5.11 Å². The van der Waals surface area contributed by atoms with Crippen LogP contribution in [0.4, 0.5) is 0 Å². The minimum absolute atomic E-state index is 0.139. The summed E-state index contributed by atoms with van der Waals surface area (Å²) in [5, 5.41) is 21.6. The minimum atomic E-state index is -0.560. The van der Waals surface area contributed by atoms with E-state index < -0.39 is 6.10 Å². The van der Waals surface area contributed by atoms with Crippen LogP contribution in [0.2, 0.25) is 0 Å². The highest BCUT2D eigenvalue weighted by atomic mass is 16.3. The first-order valence-corrected chi connectivity index (χ1v) is 2.56. The van der Waals surface area contributed by atoms with Gasteiger partial charge in [-0.05, 0) is 6.92 Å². The third-order valence-electron chi connectivity index (χ3n) is 0.389. The quantitative estimate of drug-likeness (QED) is 0.136.